The lowest BCUT2D eigenvalue weighted by molar-refractivity contribution is -0.384. The number of nitro groups is 1. The van der Waals surface area contributed by atoms with E-state index in [-0.39, 0.29) is 18.0 Å². The van der Waals surface area contributed by atoms with Crippen LogP contribution < -0.4 is 0 Å². The van der Waals surface area contributed by atoms with Gasteiger partial charge in [0.1, 0.15) is 0 Å². The number of benzene rings is 1. The van der Waals surface area contributed by atoms with E-state index in [1.165, 1.54) is 22.5 Å². The van der Waals surface area contributed by atoms with Gasteiger partial charge in [-0.05, 0) is 17.7 Å². The Hall–Kier alpha value is -2.32. The van der Waals surface area contributed by atoms with E-state index in [1.807, 2.05) is 0 Å². The zero-order valence-corrected chi connectivity index (χ0v) is 13.4. The predicted octanol–water partition coefficient (Wildman–Crippen LogP) is 2.34. The van der Waals surface area contributed by atoms with Gasteiger partial charge >= 0.3 is 0 Å². The summed E-state index contributed by atoms with van der Waals surface area (Å²) in [5, 5.41) is 10.8. The molecule has 0 N–H and O–H groups in total. The first-order valence-electron chi connectivity index (χ1n) is 7.03. The van der Waals surface area contributed by atoms with Crippen molar-refractivity contribution in [1.29, 1.82) is 0 Å². The van der Waals surface area contributed by atoms with Crippen LogP contribution >= 0.6 is 0 Å². The number of pyridine rings is 1. The predicted molar refractivity (Wildman–Crippen MR) is 86.0 cm³/mol. The number of sulfonamides is 1. The Balaban J connectivity index is 2.19. The molecule has 7 nitrogen and oxygen atoms in total. The van der Waals surface area contributed by atoms with E-state index in [4.69, 9.17) is 0 Å². The van der Waals surface area contributed by atoms with Crippen LogP contribution in [0.5, 0.6) is 0 Å². The highest BCUT2D eigenvalue weighted by atomic mass is 32.2. The summed E-state index contributed by atoms with van der Waals surface area (Å²) in [5.74, 6) is -0.282. The Morgan fingerprint density at radius 1 is 1.22 bits per heavy atom. The molecule has 0 saturated carbocycles. The van der Waals surface area contributed by atoms with Crippen molar-refractivity contribution < 1.29 is 13.3 Å². The van der Waals surface area contributed by atoms with E-state index < -0.39 is 14.9 Å². The highest BCUT2D eigenvalue weighted by molar-refractivity contribution is 7.88. The summed E-state index contributed by atoms with van der Waals surface area (Å²) in [6.45, 7) is 2.22. The van der Waals surface area contributed by atoms with Crippen LogP contribution in [0.4, 0.5) is 5.69 Å². The molecule has 0 atom stereocenters. The summed E-state index contributed by atoms with van der Waals surface area (Å²) in [6, 6.07) is 11.0. The number of rotatable bonds is 7. The Kier molecular flexibility index (Phi) is 5.41. The van der Waals surface area contributed by atoms with Crippen LogP contribution in [0, 0.1) is 10.1 Å². The van der Waals surface area contributed by atoms with E-state index in [9.17, 15) is 18.5 Å². The average Bonchev–Trinajstić information content (AvgIpc) is 2.53. The topological polar surface area (TPSA) is 93.4 Å². The number of hydrogen-bond acceptors (Lipinski definition) is 5. The Labute approximate surface area is 134 Å². The molecule has 0 fully saturated rings. The number of hydrogen-bond donors (Lipinski definition) is 0. The van der Waals surface area contributed by atoms with Crippen molar-refractivity contribution in [3.63, 3.8) is 0 Å². The first kappa shape index (κ1) is 17.0. The Morgan fingerprint density at radius 2 is 2.00 bits per heavy atom. The molecule has 0 aliphatic heterocycles. The van der Waals surface area contributed by atoms with Gasteiger partial charge in [-0.1, -0.05) is 25.1 Å². The van der Waals surface area contributed by atoms with Gasteiger partial charge in [-0.25, -0.2) is 8.42 Å². The van der Waals surface area contributed by atoms with Crippen LogP contribution in [0.2, 0.25) is 0 Å². The lowest BCUT2D eigenvalue weighted by atomic mass is 10.2. The maximum Gasteiger partial charge on any atom is 0.269 e. The normalized spacial score (nSPS) is 11.6. The van der Waals surface area contributed by atoms with Gasteiger partial charge in [-0.15, -0.1) is 0 Å². The highest BCUT2D eigenvalue weighted by Gasteiger charge is 2.22. The van der Waals surface area contributed by atoms with Crippen molar-refractivity contribution in [2.45, 2.75) is 19.2 Å². The van der Waals surface area contributed by atoms with Gasteiger partial charge in [0, 0.05) is 24.9 Å². The first-order chi connectivity index (χ1) is 10.9. The van der Waals surface area contributed by atoms with Gasteiger partial charge in [-0.2, -0.15) is 4.31 Å². The molecular weight excluding hydrogens is 318 g/mol. The summed E-state index contributed by atoms with van der Waals surface area (Å²) >= 11 is 0. The summed E-state index contributed by atoms with van der Waals surface area (Å²) in [7, 11) is -3.60. The van der Waals surface area contributed by atoms with Crippen molar-refractivity contribution in [1.82, 2.24) is 9.29 Å². The van der Waals surface area contributed by atoms with Gasteiger partial charge in [0.2, 0.25) is 10.0 Å². The van der Waals surface area contributed by atoms with Crippen LogP contribution in [0.15, 0.2) is 48.7 Å². The third-order valence-electron chi connectivity index (χ3n) is 3.28. The Morgan fingerprint density at radius 3 is 2.61 bits per heavy atom. The molecule has 0 bridgehead atoms. The van der Waals surface area contributed by atoms with E-state index in [0.29, 0.717) is 17.8 Å². The van der Waals surface area contributed by atoms with Crippen molar-refractivity contribution in [2.24, 2.45) is 0 Å². The summed E-state index contributed by atoms with van der Waals surface area (Å²) in [5.41, 5.74) is 0.918. The minimum absolute atomic E-state index is 0.120. The molecule has 0 aliphatic rings. The van der Waals surface area contributed by atoms with Crippen LogP contribution in [-0.2, 0) is 22.3 Å². The smallest absolute Gasteiger partial charge is 0.260 e. The van der Waals surface area contributed by atoms with Gasteiger partial charge in [0.05, 0.1) is 22.9 Å². The minimum atomic E-state index is -3.60. The van der Waals surface area contributed by atoms with Crippen LogP contribution in [0.1, 0.15) is 18.2 Å². The fraction of sp³-hybridized carbons (Fsp3) is 0.267. The SMILES string of the molecule is CCN(Cc1ccccn1)S(=O)(=O)Cc1cccc([N+](=O)[O-])c1. The van der Waals surface area contributed by atoms with Crippen molar-refractivity contribution in [3.8, 4) is 0 Å². The molecule has 1 aromatic heterocycles. The molecule has 0 amide bonds. The molecule has 122 valence electrons. The zero-order valence-electron chi connectivity index (χ0n) is 12.6. The lowest BCUT2D eigenvalue weighted by Crippen LogP contribution is -2.31. The summed E-state index contributed by atoms with van der Waals surface area (Å²) in [6.07, 6.45) is 1.61. The fourth-order valence-corrected chi connectivity index (χ4v) is 3.65. The van der Waals surface area contributed by atoms with E-state index in [2.05, 4.69) is 4.98 Å². The average molecular weight is 335 g/mol. The molecule has 0 aliphatic carbocycles. The van der Waals surface area contributed by atoms with Gasteiger partial charge in [-0.3, -0.25) is 15.1 Å². The summed E-state index contributed by atoms with van der Waals surface area (Å²) in [4.78, 5) is 14.4. The molecule has 0 spiro atoms. The van der Waals surface area contributed by atoms with Gasteiger partial charge in [0.15, 0.2) is 0 Å². The summed E-state index contributed by atoms with van der Waals surface area (Å²) < 4.78 is 26.4. The van der Waals surface area contributed by atoms with Gasteiger partial charge < -0.3 is 0 Å². The molecule has 2 rings (SSSR count). The molecule has 0 saturated heterocycles. The first-order valence-corrected chi connectivity index (χ1v) is 8.64. The second-order valence-electron chi connectivity index (χ2n) is 4.93. The standard InChI is InChI=1S/C15H17N3O4S/c1-2-17(11-14-7-3-4-9-16-14)23(21,22)12-13-6-5-8-15(10-13)18(19)20/h3-10H,2,11-12H2,1H3. The molecule has 2 aromatic rings. The van der Waals surface area contributed by atoms with E-state index >= 15 is 0 Å². The van der Waals surface area contributed by atoms with E-state index in [1.54, 1.807) is 37.4 Å². The van der Waals surface area contributed by atoms with Crippen LogP contribution in [-0.4, -0.2) is 29.2 Å². The second kappa shape index (κ2) is 7.30. The Bertz CT molecular complexity index is 778. The largest absolute Gasteiger partial charge is 0.269 e. The second-order valence-corrected chi connectivity index (χ2v) is 6.90. The minimum Gasteiger partial charge on any atom is -0.260 e. The van der Waals surface area contributed by atoms with Crippen LogP contribution in [0.3, 0.4) is 0 Å². The molecule has 8 heteroatoms. The molecule has 23 heavy (non-hydrogen) atoms. The maximum absolute atomic E-state index is 12.5. The highest BCUT2D eigenvalue weighted by Crippen LogP contribution is 2.18. The van der Waals surface area contributed by atoms with Gasteiger partial charge in [0.25, 0.3) is 5.69 Å². The zero-order chi connectivity index (χ0) is 16.9. The van der Waals surface area contributed by atoms with Crippen molar-refractivity contribution >= 4 is 15.7 Å². The molecule has 0 radical (unpaired) electrons. The lowest BCUT2D eigenvalue weighted by Gasteiger charge is -2.20. The quantitative estimate of drug-likeness (QED) is 0.572. The maximum atomic E-state index is 12.5. The van der Waals surface area contributed by atoms with Crippen LogP contribution in [0.25, 0.3) is 0 Å². The molecule has 1 aromatic carbocycles. The molecule has 0 unspecified atom stereocenters. The molecular formula is C15H17N3O4S. The van der Waals surface area contributed by atoms with Crippen molar-refractivity contribution in [3.05, 3.63) is 70.0 Å². The number of nitro benzene ring substituents is 1. The number of aromatic nitrogens is 1. The third-order valence-corrected chi connectivity index (χ3v) is 5.15. The molecule has 1 heterocycles. The fourth-order valence-electron chi connectivity index (χ4n) is 2.14. The van der Waals surface area contributed by atoms with E-state index in [0.717, 1.165) is 0 Å². The monoisotopic (exact) mass is 335 g/mol. The van der Waals surface area contributed by atoms with Crippen molar-refractivity contribution in [2.75, 3.05) is 6.54 Å². The number of non-ortho nitro benzene ring substituents is 1. The number of nitrogens with zero attached hydrogens (tertiary/aromatic N) is 3. The third kappa shape index (κ3) is 4.57.